The highest BCUT2D eigenvalue weighted by Gasteiger charge is 1.99. The lowest BCUT2D eigenvalue weighted by atomic mass is 10.2. The van der Waals surface area contributed by atoms with E-state index in [1.165, 1.54) is 0 Å². The fraction of sp³-hybridized carbons (Fsp3) is 0.833. The molecule has 0 rings (SSSR count). The third-order valence-corrected chi connectivity index (χ3v) is 1.30. The Balaban J connectivity index is 2.96. The third-order valence-electron chi connectivity index (χ3n) is 0.976. The van der Waals surface area contributed by atoms with Gasteiger partial charge in [0, 0.05) is 13.7 Å². The predicted octanol–water partition coefficient (Wildman–Crippen LogP) is 1.22. The Hall–Kier alpha value is -0.0800. The number of alkyl halides is 1. The van der Waals surface area contributed by atoms with Crippen molar-refractivity contribution >= 4 is 17.9 Å². The maximum atomic E-state index is 9.93. The van der Waals surface area contributed by atoms with E-state index in [0.29, 0.717) is 13.0 Å². The van der Waals surface area contributed by atoms with Gasteiger partial charge >= 0.3 is 0 Å². The molecule has 0 heterocycles. The number of methoxy groups -OCH3 is 1. The van der Waals surface area contributed by atoms with Crippen LogP contribution >= 0.6 is 11.6 Å². The van der Waals surface area contributed by atoms with E-state index in [1.807, 2.05) is 0 Å². The molecular formula is C6H11ClO2. The molecular weight excluding hydrogens is 140 g/mol. The quantitative estimate of drug-likeness (QED) is 0.335. The molecule has 0 saturated heterocycles. The van der Waals surface area contributed by atoms with Gasteiger partial charge in [-0.1, -0.05) is 0 Å². The van der Waals surface area contributed by atoms with Gasteiger partial charge in [-0.15, -0.1) is 11.6 Å². The van der Waals surface area contributed by atoms with Crippen molar-refractivity contribution in [3.05, 3.63) is 0 Å². The van der Waals surface area contributed by atoms with Gasteiger partial charge in [0.2, 0.25) is 0 Å². The van der Waals surface area contributed by atoms with Crippen LogP contribution in [0.3, 0.4) is 0 Å². The molecule has 0 saturated carbocycles. The Morgan fingerprint density at radius 3 is 2.89 bits per heavy atom. The van der Waals surface area contributed by atoms with E-state index >= 15 is 0 Å². The average molecular weight is 151 g/mol. The summed E-state index contributed by atoms with van der Waals surface area (Å²) in [6.07, 6.45) is 2.31. The minimum atomic E-state index is -0.333. The number of carbonyl (C=O) groups is 1. The molecule has 0 radical (unpaired) electrons. The van der Waals surface area contributed by atoms with Crippen molar-refractivity contribution < 1.29 is 9.53 Å². The molecule has 0 N–H and O–H groups in total. The van der Waals surface area contributed by atoms with Crippen LogP contribution in [0.5, 0.6) is 0 Å². The third kappa shape index (κ3) is 5.80. The normalized spacial score (nSPS) is 13.1. The lowest BCUT2D eigenvalue weighted by molar-refractivity contribution is -0.107. The van der Waals surface area contributed by atoms with E-state index in [9.17, 15) is 4.79 Å². The summed E-state index contributed by atoms with van der Waals surface area (Å²) in [5.74, 6) is 0. The van der Waals surface area contributed by atoms with Crippen LogP contribution in [0.4, 0.5) is 0 Å². The van der Waals surface area contributed by atoms with Crippen molar-refractivity contribution in [2.24, 2.45) is 0 Å². The minimum Gasteiger partial charge on any atom is -0.385 e. The minimum absolute atomic E-state index is 0.333. The Bertz CT molecular complexity index is 75.5. The highest BCUT2D eigenvalue weighted by molar-refractivity contribution is 6.27. The number of carbonyl (C=O) groups excluding carboxylic acids is 1. The topological polar surface area (TPSA) is 26.3 Å². The van der Waals surface area contributed by atoms with E-state index in [4.69, 9.17) is 16.3 Å². The second-order valence-corrected chi connectivity index (χ2v) is 2.35. The molecule has 0 unspecified atom stereocenters. The molecule has 0 aromatic heterocycles. The van der Waals surface area contributed by atoms with Crippen LogP contribution in [0, 0.1) is 0 Å². The van der Waals surface area contributed by atoms with Crippen LogP contribution in [0.25, 0.3) is 0 Å². The van der Waals surface area contributed by atoms with E-state index in [-0.39, 0.29) is 5.38 Å². The van der Waals surface area contributed by atoms with E-state index in [0.717, 1.165) is 12.7 Å². The SMILES string of the molecule is COCCC[C@H](Cl)C=O. The first-order chi connectivity index (χ1) is 4.31. The van der Waals surface area contributed by atoms with Crippen LogP contribution < -0.4 is 0 Å². The Kier molecular flexibility index (Phi) is 5.99. The van der Waals surface area contributed by atoms with Crippen LogP contribution in [-0.2, 0) is 9.53 Å². The molecule has 0 aliphatic heterocycles. The number of ether oxygens (including phenoxy) is 1. The standard InChI is InChI=1S/C6H11ClO2/c1-9-4-2-3-6(7)5-8/h5-6H,2-4H2,1H3/t6-/m0/s1. The summed E-state index contributed by atoms with van der Waals surface area (Å²) < 4.78 is 4.76. The summed E-state index contributed by atoms with van der Waals surface area (Å²) in [7, 11) is 1.63. The predicted molar refractivity (Wildman–Crippen MR) is 36.8 cm³/mol. The molecule has 2 nitrogen and oxygen atoms in total. The lowest BCUT2D eigenvalue weighted by Gasteiger charge is -1.98. The van der Waals surface area contributed by atoms with Crippen molar-refractivity contribution in [1.82, 2.24) is 0 Å². The number of hydrogen-bond acceptors (Lipinski definition) is 2. The van der Waals surface area contributed by atoms with Gasteiger partial charge in [-0.05, 0) is 12.8 Å². The highest BCUT2D eigenvalue weighted by atomic mass is 35.5. The molecule has 1 atom stereocenters. The van der Waals surface area contributed by atoms with E-state index in [1.54, 1.807) is 7.11 Å². The van der Waals surface area contributed by atoms with Crippen molar-refractivity contribution in [3.8, 4) is 0 Å². The summed E-state index contributed by atoms with van der Waals surface area (Å²) in [5, 5.41) is -0.333. The number of aldehydes is 1. The molecule has 0 aliphatic rings. The van der Waals surface area contributed by atoms with Gasteiger partial charge in [0.1, 0.15) is 6.29 Å². The summed E-state index contributed by atoms with van der Waals surface area (Å²) in [5.41, 5.74) is 0. The Morgan fingerprint density at radius 2 is 2.44 bits per heavy atom. The smallest absolute Gasteiger partial charge is 0.137 e. The molecule has 9 heavy (non-hydrogen) atoms. The lowest BCUT2D eigenvalue weighted by Crippen LogP contribution is -2.01. The molecule has 0 fully saturated rings. The number of halogens is 1. The van der Waals surface area contributed by atoms with Crippen LogP contribution in [-0.4, -0.2) is 25.4 Å². The van der Waals surface area contributed by atoms with Gasteiger partial charge < -0.3 is 9.53 Å². The van der Waals surface area contributed by atoms with Crippen molar-refractivity contribution in [1.29, 1.82) is 0 Å². The van der Waals surface area contributed by atoms with Gasteiger partial charge in [0.05, 0.1) is 5.38 Å². The first-order valence-corrected chi connectivity index (χ1v) is 3.33. The zero-order valence-corrected chi connectivity index (χ0v) is 6.23. The largest absolute Gasteiger partial charge is 0.385 e. The Labute approximate surface area is 60.1 Å². The Morgan fingerprint density at radius 1 is 1.78 bits per heavy atom. The molecule has 0 aromatic carbocycles. The molecule has 0 spiro atoms. The van der Waals surface area contributed by atoms with Gasteiger partial charge in [-0.25, -0.2) is 0 Å². The van der Waals surface area contributed by atoms with E-state index in [2.05, 4.69) is 0 Å². The van der Waals surface area contributed by atoms with Gasteiger partial charge in [0.25, 0.3) is 0 Å². The van der Waals surface area contributed by atoms with Gasteiger partial charge in [-0.3, -0.25) is 0 Å². The number of hydrogen-bond donors (Lipinski definition) is 0. The molecule has 0 aromatic rings. The van der Waals surface area contributed by atoms with Crippen LogP contribution in [0.1, 0.15) is 12.8 Å². The first kappa shape index (κ1) is 8.92. The summed E-state index contributed by atoms with van der Waals surface area (Å²) >= 11 is 5.48. The molecule has 0 aliphatic carbocycles. The molecule has 3 heteroatoms. The highest BCUT2D eigenvalue weighted by Crippen LogP contribution is 2.01. The maximum Gasteiger partial charge on any atom is 0.137 e. The van der Waals surface area contributed by atoms with Gasteiger partial charge in [0.15, 0.2) is 0 Å². The monoisotopic (exact) mass is 150 g/mol. The summed E-state index contributed by atoms with van der Waals surface area (Å²) in [6.45, 7) is 0.678. The fourth-order valence-corrected chi connectivity index (χ4v) is 0.645. The zero-order chi connectivity index (χ0) is 7.11. The second-order valence-electron chi connectivity index (χ2n) is 1.79. The second kappa shape index (κ2) is 6.05. The van der Waals surface area contributed by atoms with Crippen molar-refractivity contribution in [2.45, 2.75) is 18.2 Å². The average Bonchev–Trinajstić information content (AvgIpc) is 1.89. The number of rotatable bonds is 5. The summed E-state index contributed by atoms with van der Waals surface area (Å²) in [4.78, 5) is 9.93. The van der Waals surface area contributed by atoms with Crippen LogP contribution in [0.15, 0.2) is 0 Å². The summed E-state index contributed by atoms with van der Waals surface area (Å²) in [6, 6.07) is 0. The first-order valence-electron chi connectivity index (χ1n) is 2.89. The molecule has 54 valence electrons. The van der Waals surface area contributed by atoms with Gasteiger partial charge in [-0.2, -0.15) is 0 Å². The zero-order valence-electron chi connectivity index (χ0n) is 5.47. The molecule has 0 bridgehead atoms. The fourth-order valence-electron chi connectivity index (χ4n) is 0.491. The van der Waals surface area contributed by atoms with E-state index < -0.39 is 0 Å². The van der Waals surface area contributed by atoms with Crippen molar-refractivity contribution in [3.63, 3.8) is 0 Å². The molecule has 0 amide bonds. The van der Waals surface area contributed by atoms with Crippen molar-refractivity contribution in [2.75, 3.05) is 13.7 Å². The van der Waals surface area contributed by atoms with Crippen LogP contribution in [0.2, 0.25) is 0 Å². The maximum absolute atomic E-state index is 9.93.